The Morgan fingerprint density at radius 1 is 1.40 bits per heavy atom. The van der Waals surface area contributed by atoms with Gasteiger partial charge in [0.15, 0.2) is 0 Å². The molecule has 1 aromatic rings. The summed E-state index contributed by atoms with van der Waals surface area (Å²) < 4.78 is 40.6. The molecule has 112 valence electrons. The molecule has 4 nitrogen and oxygen atoms in total. The van der Waals surface area contributed by atoms with Crippen LogP contribution in [0.1, 0.15) is 38.7 Å². The van der Waals surface area contributed by atoms with Crippen molar-refractivity contribution in [2.45, 2.75) is 56.6 Å². The van der Waals surface area contributed by atoms with E-state index >= 15 is 0 Å². The molecule has 0 heterocycles. The Hall–Kier alpha value is -0.980. The fourth-order valence-electron chi connectivity index (χ4n) is 1.82. The molecule has 0 aliphatic heterocycles. The van der Waals surface area contributed by atoms with Crippen molar-refractivity contribution in [3.05, 3.63) is 29.6 Å². The Morgan fingerprint density at radius 3 is 2.70 bits per heavy atom. The molecule has 1 aliphatic rings. The lowest BCUT2D eigenvalue weighted by atomic mass is 10.2. The highest BCUT2D eigenvalue weighted by molar-refractivity contribution is 7.89. The second-order valence-corrected chi connectivity index (χ2v) is 7.03. The number of halogens is 1. The van der Waals surface area contributed by atoms with Crippen molar-refractivity contribution in [1.82, 2.24) is 10.0 Å². The van der Waals surface area contributed by atoms with Crippen molar-refractivity contribution in [3.8, 4) is 0 Å². The van der Waals surface area contributed by atoms with E-state index in [2.05, 4.69) is 10.0 Å². The van der Waals surface area contributed by atoms with E-state index in [1.54, 1.807) is 13.0 Å². The molecule has 20 heavy (non-hydrogen) atoms. The quantitative estimate of drug-likeness (QED) is 0.811. The van der Waals surface area contributed by atoms with Crippen molar-refractivity contribution >= 4 is 10.0 Å². The summed E-state index contributed by atoms with van der Waals surface area (Å²) in [7, 11) is -3.80. The molecule has 1 aliphatic carbocycles. The first kappa shape index (κ1) is 15.4. The second kappa shape index (κ2) is 6.20. The third-order valence-corrected chi connectivity index (χ3v) is 5.03. The van der Waals surface area contributed by atoms with Gasteiger partial charge in [-0.3, -0.25) is 0 Å². The Morgan fingerprint density at radius 2 is 2.10 bits per heavy atom. The summed E-state index contributed by atoms with van der Waals surface area (Å²) in [6.45, 7) is 4.20. The summed E-state index contributed by atoms with van der Waals surface area (Å²) in [5.41, 5.74) is 0.780. The van der Waals surface area contributed by atoms with Crippen LogP contribution in [0.15, 0.2) is 23.1 Å². The molecule has 2 rings (SSSR count). The van der Waals surface area contributed by atoms with Crippen molar-refractivity contribution in [2.24, 2.45) is 0 Å². The van der Waals surface area contributed by atoms with E-state index in [0.717, 1.165) is 18.4 Å². The minimum atomic E-state index is -3.80. The highest BCUT2D eigenvalue weighted by Gasteiger charge is 2.23. The van der Waals surface area contributed by atoms with Gasteiger partial charge in [-0.15, -0.1) is 0 Å². The lowest BCUT2D eigenvalue weighted by Gasteiger charge is -2.13. The molecule has 6 heteroatoms. The van der Waals surface area contributed by atoms with Gasteiger partial charge in [0.1, 0.15) is 10.7 Å². The molecule has 0 spiro atoms. The van der Waals surface area contributed by atoms with E-state index in [1.165, 1.54) is 12.1 Å². The van der Waals surface area contributed by atoms with E-state index in [4.69, 9.17) is 0 Å². The van der Waals surface area contributed by atoms with Gasteiger partial charge < -0.3 is 5.32 Å². The molecule has 0 aromatic heterocycles. The number of benzene rings is 1. The van der Waals surface area contributed by atoms with Gasteiger partial charge in [-0.05, 0) is 43.9 Å². The molecule has 1 saturated carbocycles. The summed E-state index contributed by atoms with van der Waals surface area (Å²) >= 11 is 0. The third kappa shape index (κ3) is 4.01. The zero-order chi connectivity index (χ0) is 14.8. The van der Waals surface area contributed by atoms with Gasteiger partial charge in [0.25, 0.3) is 0 Å². The molecule has 0 radical (unpaired) electrons. The van der Waals surface area contributed by atoms with Crippen molar-refractivity contribution < 1.29 is 12.8 Å². The SMILES string of the molecule is CCC(C)NS(=O)(=O)c1cc(CNC2CC2)ccc1F. The van der Waals surface area contributed by atoms with Crippen LogP contribution in [0.25, 0.3) is 0 Å². The normalized spacial score (nSPS) is 17.1. The van der Waals surface area contributed by atoms with Crippen LogP contribution >= 0.6 is 0 Å². The molecule has 0 saturated heterocycles. The van der Waals surface area contributed by atoms with E-state index in [0.29, 0.717) is 19.0 Å². The standard InChI is InChI=1S/C14H21FN2O2S/c1-3-10(2)17-20(18,19)14-8-11(4-7-13(14)15)9-16-12-5-6-12/h4,7-8,10,12,16-17H,3,5-6,9H2,1-2H3. The van der Waals surface area contributed by atoms with Gasteiger partial charge in [-0.2, -0.15) is 0 Å². The van der Waals surface area contributed by atoms with Crippen LogP contribution in [0.3, 0.4) is 0 Å². The fraction of sp³-hybridized carbons (Fsp3) is 0.571. The Labute approximate surface area is 119 Å². The molecule has 1 fully saturated rings. The lowest BCUT2D eigenvalue weighted by molar-refractivity contribution is 0.538. The Kier molecular flexibility index (Phi) is 4.78. The molecule has 0 amide bonds. The minimum absolute atomic E-state index is 0.215. The first-order valence-electron chi connectivity index (χ1n) is 6.96. The Balaban J connectivity index is 2.17. The molecule has 1 aromatic carbocycles. The van der Waals surface area contributed by atoms with Crippen LogP contribution in [0.2, 0.25) is 0 Å². The van der Waals surface area contributed by atoms with Gasteiger partial charge in [0, 0.05) is 18.6 Å². The average Bonchev–Trinajstić information content (AvgIpc) is 3.21. The van der Waals surface area contributed by atoms with E-state index in [9.17, 15) is 12.8 Å². The lowest BCUT2D eigenvalue weighted by Crippen LogP contribution is -2.32. The Bertz CT molecular complexity index is 571. The largest absolute Gasteiger partial charge is 0.310 e. The zero-order valence-electron chi connectivity index (χ0n) is 11.8. The summed E-state index contributed by atoms with van der Waals surface area (Å²) in [5.74, 6) is -0.712. The second-order valence-electron chi connectivity index (χ2n) is 5.35. The number of hydrogen-bond acceptors (Lipinski definition) is 3. The van der Waals surface area contributed by atoms with Crippen LogP contribution in [0.5, 0.6) is 0 Å². The third-order valence-electron chi connectivity index (χ3n) is 3.43. The number of nitrogens with one attached hydrogen (secondary N) is 2. The van der Waals surface area contributed by atoms with Gasteiger partial charge in [-0.1, -0.05) is 13.0 Å². The van der Waals surface area contributed by atoms with E-state index in [1.807, 2.05) is 6.92 Å². The minimum Gasteiger partial charge on any atom is -0.310 e. The molecular weight excluding hydrogens is 279 g/mol. The van der Waals surface area contributed by atoms with Crippen molar-refractivity contribution in [3.63, 3.8) is 0 Å². The maximum Gasteiger partial charge on any atom is 0.243 e. The monoisotopic (exact) mass is 300 g/mol. The van der Waals surface area contributed by atoms with Crippen molar-refractivity contribution in [1.29, 1.82) is 0 Å². The molecule has 2 N–H and O–H groups in total. The summed E-state index contributed by atoms with van der Waals surface area (Å²) in [6, 6.07) is 4.56. The predicted molar refractivity (Wildman–Crippen MR) is 76.3 cm³/mol. The highest BCUT2D eigenvalue weighted by Crippen LogP contribution is 2.21. The predicted octanol–water partition coefficient (Wildman–Crippen LogP) is 2.15. The van der Waals surface area contributed by atoms with E-state index < -0.39 is 15.8 Å². The van der Waals surface area contributed by atoms with Crippen LogP contribution in [0, 0.1) is 5.82 Å². The summed E-state index contributed by atoms with van der Waals surface area (Å²) in [4.78, 5) is -0.270. The van der Waals surface area contributed by atoms with Crippen molar-refractivity contribution in [2.75, 3.05) is 0 Å². The van der Waals surface area contributed by atoms with Crippen LogP contribution in [-0.4, -0.2) is 20.5 Å². The van der Waals surface area contributed by atoms with Gasteiger partial charge in [-0.25, -0.2) is 17.5 Å². The number of sulfonamides is 1. The number of hydrogen-bond donors (Lipinski definition) is 2. The molecule has 1 unspecified atom stereocenters. The van der Waals surface area contributed by atoms with E-state index in [-0.39, 0.29) is 10.9 Å². The smallest absolute Gasteiger partial charge is 0.243 e. The first-order chi connectivity index (χ1) is 9.42. The fourth-order valence-corrected chi connectivity index (χ4v) is 3.28. The van der Waals surface area contributed by atoms with Gasteiger partial charge in [0.05, 0.1) is 0 Å². The summed E-state index contributed by atoms with van der Waals surface area (Å²) in [5, 5.41) is 3.29. The number of rotatable bonds is 7. The zero-order valence-corrected chi connectivity index (χ0v) is 12.6. The topological polar surface area (TPSA) is 58.2 Å². The van der Waals surface area contributed by atoms with Crippen LogP contribution < -0.4 is 10.0 Å². The van der Waals surface area contributed by atoms with Gasteiger partial charge >= 0.3 is 0 Å². The highest BCUT2D eigenvalue weighted by atomic mass is 32.2. The molecular formula is C14H21FN2O2S. The molecule has 1 atom stereocenters. The average molecular weight is 300 g/mol. The first-order valence-corrected chi connectivity index (χ1v) is 8.45. The maximum absolute atomic E-state index is 13.8. The summed E-state index contributed by atoms with van der Waals surface area (Å²) in [6.07, 6.45) is 2.97. The van der Waals surface area contributed by atoms with Gasteiger partial charge in [0.2, 0.25) is 10.0 Å². The maximum atomic E-state index is 13.8. The van der Waals surface area contributed by atoms with Crippen LogP contribution in [-0.2, 0) is 16.6 Å². The molecule has 0 bridgehead atoms. The van der Waals surface area contributed by atoms with Crippen LogP contribution in [0.4, 0.5) is 4.39 Å².